The Morgan fingerprint density at radius 1 is 0.500 bits per heavy atom. The molecule has 2 rings (SSSR count). The third kappa shape index (κ3) is 9.37. The minimum absolute atomic E-state index is 0.265. The molecule has 10 atom stereocenters. The molecule has 0 aromatic rings. The largest absolute Gasteiger partial charge is 0.396 e. The van der Waals surface area contributed by atoms with Gasteiger partial charge in [-0.25, -0.2) is 0 Å². The zero-order chi connectivity index (χ0) is 26.5. The molecule has 2 heterocycles. The van der Waals surface area contributed by atoms with Gasteiger partial charge < -0.3 is 59.8 Å². The van der Waals surface area contributed by atoms with E-state index in [0.717, 1.165) is 44.9 Å². The van der Waals surface area contributed by atoms with Gasteiger partial charge in [-0.15, -0.1) is 0 Å². The van der Waals surface area contributed by atoms with Gasteiger partial charge in [0.25, 0.3) is 0 Å². The van der Waals surface area contributed by atoms with Crippen LogP contribution in [0.3, 0.4) is 0 Å². The van der Waals surface area contributed by atoms with Gasteiger partial charge in [-0.1, -0.05) is 51.4 Å². The number of aliphatic hydroxyl groups excluding tert-OH is 8. The van der Waals surface area contributed by atoms with Crippen molar-refractivity contribution in [2.45, 2.75) is 126 Å². The van der Waals surface area contributed by atoms with E-state index in [1.807, 2.05) is 0 Å². The van der Waals surface area contributed by atoms with E-state index < -0.39 is 74.6 Å². The monoisotopic (exact) mass is 526 g/mol. The summed E-state index contributed by atoms with van der Waals surface area (Å²) in [6, 6.07) is 0. The summed E-state index contributed by atoms with van der Waals surface area (Å²) in [5, 5.41) is 78.9. The van der Waals surface area contributed by atoms with Crippen molar-refractivity contribution in [3.05, 3.63) is 0 Å². The van der Waals surface area contributed by atoms with Gasteiger partial charge in [0.15, 0.2) is 12.6 Å². The zero-order valence-corrected chi connectivity index (χ0v) is 20.9. The average Bonchev–Trinajstić information content (AvgIpc) is 2.88. The highest BCUT2D eigenvalue weighted by atomic mass is 16.7. The first-order valence-corrected chi connectivity index (χ1v) is 13.2. The van der Waals surface area contributed by atoms with E-state index in [4.69, 9.17) is 24.1 Å². The Morgan fingerprint density at radius 3 is 1.56 bits per heavy atom. The number of aliphatic hydroxyl groups is 8. The fourth-order valence-corrected chi connectivity index (χ4v) is 4.52. The van der Waals surface area contributed by atoms with Crippen LogP contribution in [0.1, 0.15) is 64.2 Å². The number of unbranched alkanes of at least 4 members (excludes halogenated alkanes) is 9. The summed E-state index contributed by atoms with van der Waals surface area (Å²) in [4.78, 5) is 0. The Morgan fingerprint density at radius 2 is 1.00 bits per heavy atom. The molecule has 0 aliphatic carbocycles. The van der Waals surface area contributed by atoms with Crippen molar-refractivity contribution in [3.63, 3.8) is 0 Å². The minimum atomic E-state index is -1.70. The third-order valence-corrected chi connectivity index (χ3v) is 6.79. The predicted octanol–water partition coefficient (Wildman–Crippen LogP) is -1.48. The quantitative estimate of drug-likeness (QED) is 0.102. The van der Waals surface area contributed by atoms with Crippen LogP contribution in [-0.2, 0) is 18.9 Å². The molecule has 12 heteroatoms. The first-order chi connectivity index (χ1) is 17.3. The topological polar surface area (TPSA) is 199 Å². The number of ether oxygens (including phenoxy) is 4. The number of hydrogen-bond acceptors (Lipinski definition) is 12. The Balaban J connectivity index is 1.71. The maximum Gasteiger partial charge on any atom is 0.187 e. The van der Waals surface area contributed by atoms with E-state index in [2.05, 4.69) is 0 Å². The van der Waals surface area contributed by atoms with Crippen LogP contribution in [0.15, 0.2) is 0 Å². The van der Waals surface area contributed by atoms with Crippen molar-refractivity contribution >= 4 is 0 Å². The van der Waals surface area contributed by atoms with Gasteiger partial charge in [0, 0.05) is 13.2 Å². The molecule has 2 aliphatic heterocycles. The van der Waals surface area contributed by atoms with E-state index in [-0.39, 0.29) is 6.61 Å². The van der Waals surface area contributed by atoms with E-state index in [0.29, 0.717) is 6.61 Å². The van der Waals surface area contributed by atoms with Gasteiger partial charge >= 0.3 is 0 Å². The summed E-state index contributed by atoms with van der Waals surface area (Å²) in [6.45, 7) is -0.680. The molecular formula is C24H46O12. The standard InChI is InChI=1S/C24H46O12/c25-11-9-7-5-3-1-2-4-6-8-10-12-33-23-21(32)19(30)22(16(14-27)35-23)36-24-20(31)18(29)17(28)15(13-26)34-24/h15-32H,1-14H2/t15-,16-,17+,18+,19-,20-,21-,22-,23-,24+/m1/s1. The fourth-order valence-electron chi connectivity index (χ4n) is 4.52. The van der Waals surface area contributed by atoms with Crippen LogP contribution in [-0.4, -0.2) is 129 Å². The fraction of sp³-hybridized carbons (Fsp3) is 1.00. The van der Waals surface area contributed by atoms with Gasteiger partial charge in [0.05, 0.1) is 13.2 Å². The molecule has 0 aromatic carbocycles. The molecule has 0 spiro atoms. The first-order valence-electron chi connectivity index (χ1n) is 13.2. The van der Waals surface area contributed by atoms with E-state index >= 15 is 0 Å². The highest BCUT2D eigenvalue weighted by molar-refractivity contribution is 4.94. The second-order valence-corrected chi connectivity index (χ2v) is 9.63. The molecule has 0 unspecified atom stereocenters. The lowest BCUT2D eigenvalue weighted by Crippen LogP contribution is -2.64. The van der Waals surface area contributed by atoms with Crippen LogP contribution in [0.5, 0.6) is 0 Å². The SMILES string of the molecule is OCCCCCCCCCCCCO[C@@H]1O[C@H](CO)[C@@H](O[C@@H]2O[C@H](CO)[C@H](O)[C@H](O)[C@H]2O)[C@H](O)[C@H]1O. The second kappa shape index (κ2) is 17.2. The Hall–Kier alpha value is -0.480. The first kappa shape index (κ1) is 31.7. The molecule has 0 radical (unpaired) electrons. The summed E-state index contributed by atoms with van der Waals surface area (Å²) >= 11 is 0. The van der Waals surface area contributed by atoms with Gasteiger partial charge in [-0.05, 0) is 12.8 Å². The zero-order valence-electron chi connectivity index (χ0n) is 20.9. The Kier molecular flexibility index (Phi) is 15.1. The Bertz CT molecular complexity index is 565. The van der Waals surface area contributed by atoms with Crippen LogP contribution in [0, 0.1) is 0 Å². The maximum absolute atomic E-state index is 10.6. The lowest BCUT2D eigenvalue weighted by Gasteiger charge is -2.45. The Labute approximate surface area is 212 Å². The highest BCUT2D eigenvalue weighted by Crippen LogP contribution is 2.29. The van der Waals surface area contributed by atoms with Crippen LogP contribution in [0.25, 0.3) is 0 Å². The lowest BCUT2D eigenvalue weighted by atomic mass is 9.97. The molecule has 0 aromatic heterocycles. The predicted molar refractivity (Wildman–Crippen MR) is 126 cm³/mol. The van der Waals surface area contributed by atoms with Crippen LogP contribution < -0.4 is 0 Å². The van der Waals surface area contributed by atoms with Crippen molar-refractivity contribution in [2.75, 3.05) is 26.4 Å². The van der Waals surface area contributed by atoms with Gasteiger partial charge in [0.2, 0.25) is 0 Å². The minimum Gasteiger partial charge on any atom is -0.396 e. The summed E-state index contributed by atoms with van der Waals surface area (Å²) < 4.78 is 22.0. The molecule has 2 aliphatic rings. The summed E-state index contributed by atoms with van der Waals surface area (Å²) in [5.74, 6) is 0. The van der Waals surface area contributed by atoms with Gasteiger partial charge in [-0.3, -0.25) is 0 Å². The molecule has 0 amide bonds. The van der Waals surface area contributed by atoms with Crippen LogP contribution in [0.4, 0.5) is 0 Å². The van der Waals surface area contributed by atoms with E-state index in [9.17, 15) is 35.7 Å². The summed E-state index contributed by atoms with van der Waals surface area (Å²) in [5.41, 5.74) is 0. The summed E-state index contributed by atoms with van der Waals surface area (Å²) in [7, 11) is 0. The lowest BCUT2D eigenvalue weighted by molar-refractivity contribution is -0.359. The molecule has 2 saturated heterocycles. The molecular weight excluding hydrogens is 480 g/mol. The molecule has 12 nitrogen and oxygen atoms in total. The van der Waals surface area contributed by atoms with Crippen molar-refractivity contribution in [3.8, 4) is 0 Å². The number of hydrogen-bond donors (Lipinski definition) is 8. The van der Waals surface area contributed by atoms with Crippen molar-refractivity contribution in [1.29, 1.82) is 0 Å². The second-order valence-electron chi connectivity index (χ2n) is 9.63. The normalized spacial score (nSPS) is 37.3. The van der Waals surface area contributed by atoms with Crippen molar-refractivity contribution < 1.29 is 59.8 Å². The van der Waals surface area contributed by atoms with Crippen LogP contribution in [0.2, 0.25) is 0 Å². The van der Waals surface area contributed by atoms with E-state index in [1.54, 1.807) is 0 Å². The van der Waals surface area contributed by atoms with Crippen molar-refractivity contribution in [2.24, 2.45) is 0 Å². The molecule has 36 heavy (non-hydrogen) atoms. The van der Waals surface area contributed by atoms with Crippen molar-refractivity contribution in [1.82, 2.24) is 0 Å². The summed E-state index contributed by atoms with van der Waals surface area (Å²) in [6.07, 6.45) is -3.88. The highest BCUT2D eigenvalue weighted by Gasteiger charge is 2.50. The number of rotatable bonds is 17. The smallest absolute Gasteiger partial charge is 0.187 e. The molecule has 214 valence electrons. The molecule has 0 saturated carbocycles. The average molecular weight is 527 g/mol. The molecule has 0 bridgehead atoms. The van der Waals surface area contributed by atoms with Gasteiger partial charge in [0.1, 0.15) is 48.8 Å². The van der Waals surface area contributed by atoms with Crippen LogP contribution >= 0.6 is 0 Å². The maximum atomic E-state index is 10.6. The third-order valence-electron chi connectivity index (χ3n) is 6.79. The molecule has 8 N–H and O–H groups in total. The van der Waals surface area contributed by atoms with E-state index in [1.165, 1.54) is 19.3 Å². The molecule has 2 fully saturated rings. The van der Waals surface area contributed by atoms with Gasteiger partial charge in [-0.2, -0.15) is 0 Å².